The van der Waals surface area contributed by atoms with Crippen molar-refractivity contribution in [3.05, 3.63) is 57.2 Å². The maximum atomic E-state index is 13.5. The average molecular weight is 488 g/mol. The number of ether oxygens (including phenoxy) is 2. The van der Waals surface area contributed by atoms with E-state index in [1.54, 1.807) is 18.2 Å². The molecule has 6 nitrogen and oxygen atoms in total. The summed E-state index contributed by atoms with van der Waals surface area (Å²) in [6.45, 7) is -0.295. The van der Waals surface area contributed by atoms with Crippen LogP contribution >= 0.6 is 22.6 Å². The molecule has 2 amide bonds. The van der Waals surface area contributed by atoms with Crippen LogP contribution in [0.5, 0.6) is 11.5 Å². The molecule has 0 aliphatic carbocycles. The molecular weight excluding hydrogens is 473 g/mol. The van der Waals surface area contributed by atoms with E-state index in [2.05, 4.69) is 5.32 Å². The van der Waals surface area contributed by atoms with Crippen LogP contribution in [0.4, 0.5) is 14.5 Å². The molecule has 0 aromatic heterocycles. The van der Waals surface area contributed by atoms with Crippen LogP contribution in [0, 0.1) is 15.2 Å². The van der Waals surface area contributed by atoms with Crippen LogP contribution in [0.3, 0.4) is 0 Å². The molecule has 2 aromatic rings. The van der Waals surface area contributed by atoms with Gasteiger partial charge in [0.05, 0.1) is 10.7 Å². The average Bonchev–Trinajstić information content (AvgIpc) is 2.62. The van der Waals surface area contributed by atoms with Gasteiger partial charge in [-0.1, -0.05) is 6.07 Å². The van der Waals surface area contributed by atoms with Crippen LogP contribution in [0.15, 0.2) is 36.4 Å². The Morgan fingerprint density at radius 3 is 2.44 bits per heavy atom. The van der Waals surface area contributed by atoms with E-state index in [0.29, 0.717) is 17.1 Å². The van der Waals surface area contributed by atoms with Crippen molar-refractivity contribution in [2.24, 2.45) is 5.73 Å². The van der Waals surface area contributed by atoms with Gasteiger partial charge in [-0.2, -0.15) is 0 Å². The summed E-state index contributed by atoms with van der Waals surface area (Å²) in [4.78, 5) is 22.7. The molecule has 0 aliphatic rings. The Morgan fingerprint density at radius 1 is 1.19 bits per heavy atom. The number of hydrogen-bond acceptors (Lipinski definition) is 4. The van der Waals surface area contributed by atoms with Crippen molar-refractivity contribution in [1.29, 1.82) is 0 Å². The Labute approximate surface area is 167 Å². The largest absolute Gasteiger partial charge is 0.493 e. The van der Waals surface area contributed by atoms with E-state index in [0.717, 1.165) is 12.1 Å². The molecule has 2 aromatic carbocycles. The Kier molecular flexibility index (Phi) is 7.11. The molecule has 0 unspecified atom stereocenters. The van der Waals surface area contributed by atoms with Crippen molar-refractivity contribution in [3.8, 4) is 11.5 Å². The molecule has 2 rings (SSSR count). The number of anilines is 1. The Bertz CT molecular complexity index is 880. The fraction of sp³-hybridized carbons (Fsp3) is 0.111. The van der Waals surface area contributed by atoms with E-state index in [1.165, 1.54) is 41.9 Å². The number of rotatable bonds is 7. The van der Waals surface area contributed by atoms with Gasteiger partial charge in [0.1, 0.15) is 11.6 Å². The van der Waals surface area contributed by atoms with Gasteiger partial charge in [0, 0.05) is 11.8 Å². The van der Waals surface area contributed by atoms with E-state index < -0.39 is 23.4 Å². The van der Waals surface area contributed by atoms with Gasteiger partial charge in [0.15, 0.2) is 18.1 Å². The first-order valence-electron chi connectivity index (χ1n) is 7.53. The number of benzene rings is 2. The second kappa shape index (κ2) is 9.31. The standard InChI is InChI=1S/C18H15F2IN2O4/c1-26-15-6-10(2-4-14(15)27-9-16(22)24)3-5-17(25)23-11-7-12(19)18(21)13(20)8-11/h2-8H,9H2,1H3,(H2,22,24)(H,23,25)/b5-3+. The fourth-order valence-electron chi connectivity index (χ4n) is 2.04. The molecule has 0 atom stereocenters. The highest BCUT2D eigenvalue weighted by molar-refractivity contribution is 14.1. The smallest absolute Gasteiger partial charge is 0.255 e. The summed E-state index contributed by atoms with van der Waals surface area (Å²) in [6, 6.07) is 6.84. The predicted octanol–water partition coefficient (Wildman–Crippen LogP) is 3.09. The lowest BCUT2D eigenvalue weighted by molar-refractivity contribution is -0.120. The Balaban J connectivity index is 2.08. The third-order valence-corrected chi connectivity index (χ3v) is 4.27. The predicted molar refractivity (Wildman–Crippen MR) is 104 cm³/mol. The minimum absolute atomic E-state index is 0.00726. The number of carbonyl (C=O) groups is 2. The highest BCUT2D eigenvalue weighted by Crippen LogP contribution is 2.28. The zero-order chi connectivity index (χ0) is 20.0. The monoisotopic (exact) mass is 488 g/mol. The van der Waals surface area contributed by atoms with Gasteiger partial charge in [0.25, 0.3) is 5.91 Å². The highest BCUT2D eigenvalue weighted by atomic mass is 127. The number of primary amides is 1. The van der Waals surface area contributed by atoms with Crippen LogP contribution in [-0.2, 0) is 9.59 Å². The van der Waals surface area contributed by atoms with Crippen molar-refractivity contribution in [3.63, 3.8) is 0 Å². The lowest BCUT2D eigenvalue weighted by Gasteiger charge is -2.10. The molecule has 27 heavy (non-hydrogen) atoms. The second-order valence-corrected chi connectivity index (χ2v) is 6.32. The molecule has 9 heteroatoms. The number of halogens is 3. The number of nitrogens with one attached hydrogen (secondary N) is 1. The summed E-state index contributed by atoms with van der Waals surface area (Å²) in [5.74, 6) is -2.04. The summed E-state index contributed by atoms with van der Waals surface area (Å²) in [5.41, 5.74) is 5.64. The molecular formula is C18H15F2IN2O4. The highest BCUT2D eigenvalue weighted by Gasteiger charge is 2.10. The summed E-state index contributed by atoms with van der Waals surface area (Å²) >= 11 is 1.54. The molecule has 0 spiro atoms. The minimum atomic E-state index is -0.758. The normalized spacial score (nSPS) is 10.7. The molecule has 0 saturated carbocycles. The first-order chi connectivity index (χ1) is 12.8. The third-order valence-electron chi connectivity index (χ3n) is 3.24. The quantitative estimate of drug-likeness (QED) is 0.356. The van der Waals surface area contributed by atoms with Crippen LogP contribution < -0.4 is 20.5 Å². The van der Waals surface area contributed by atoms with Crippen LogP contribution in [0.1, 0.15) is 5.56 Å². The van der Waals surface area contributed by atoms with Crippen molar-refractivity contribution < 1.29 is 27.8 Å². The van der Waals surface area contributed by atoms with Gasteiger partial charge in [-0.25, -0.2) is 8.78 Å². The fourth-order valence-corrected chi connectivity index (χ4v) is 2.35. The summed E-state index contributed by atoms with van der Waals surface area (Å²) in [5, 5.41) is 2.38. The SMILES string of the molecule is COc1cc(/C=C/C(=O)Nc2cc(F)c(I)c(F)c2)ccc1OCC(N)=O. The molecule has 142 valence electrons. The van der Waals surface area contributed by atoms with Gasteiger partial charge < -0.3 is 20.5 Å². The summed E-state index contributed by atoms with van der Waals surface area (Å²) in [7, 11) is 1.42. The van der Waals surface area contributed by atoms with Crippen molar-refractivity contribution in [2.75, 3.05) is 19.0 Å². The molecule has 0 saturated heterocycles. The van der Waals surface area contributed by atoms with Gasteiger partial charge in [-0.15, -0.1) is 0 Å². The van der Waals surface area contributed by atoms with E-state index in [4.69, 9.17) is 15.2 Å². The number of amides is 2. The molecule has 0 aliphatic heterocycles. The molecule has 0 fully saturated rings. The second-order valence-electron chi connectivity index (χ2n) is 5.24. The first kappa shape index (κ1) is 20.6. The number of carbonyl (C=O) groups excluding carboxylic acids is 2. The van der Waals surface area contributed by atoms with E-state index in [9.17, 15) is 18.4 Å². The molecule has 0 radical (unpaired) electrons. The zero-order valence-electron chi connectivity index (χ0n) is 14.1. The molecule has 3 N–H and O–H groups in total. The Morgan fingerprint density at radius 2 is 1.85 bits per heavy atom. The first-order valence-corrected chi connectivity index (χ1v) is 8.60. The van der Waals surface area contributed by atoms with E-state index in [1.807, 2.05) is 0 Å². The van der Waals surface area contributed by atoms with Crippen molar-refractivity contribution in [2.45, 2.75) is 0 Å². The number of methoxy groups -OCH3 is 1. The van der Waals surface area contributed by atoms with Crippen LogP contribution in [-0.4, -0.2) is 25.5 Å². The van der Waals surface area contributed by atoms with Crippen molar-refractivity contribution >= 4 is 46.2 Å². The van der Waals surface area contributed by atoms with Gasteiger partial charge in [-0.05, 0) is 58.5 Å². The number of nitrogens with two attached hydrogens (primary N) is 1. The third kappa shape index (κ3) is 5.91. The molecule has 0 bridgehead atoms. The van der Waals surface area contributed by atoms with Crippen LogP contribution in [0.25, 0.3) is 6.08 Å². The molecule has 0 heterocycles. The minimum Gasteiger partial charge on any atom is -0.493 e. The lowest BCUT2D eigenvalue weighted by Crippen LogP contribution is -2.20. The van der Waals surface area contributed by atoms with Crippen LogP contribution in [0.2, 0.25) is 0 Å². The summed E-state index contributed by atoms with van der Waals surface area (Å²) in [6.07, 6.45) is 2.68. The lowest BCUT2D eigenvalue weighted by atomic mass is 10.2. The zero-order valence-corrected chi connectivity index (χ0v) is 16.3. The van der Waals surface area contributed by atoms with E-state index >= 15 is 0 Å². The number of hydrogen-bond donors (Lipinski definition) is 2. The van der Waals surface area contributed by atoms with Gasteiger partial charge >= 0.3 is 0 Å². The topological polar surface area (TPSA) is 90.7 Å². The maximum absolute atomic E-state index is 13.5. The summed E-state index contributed by atoms with van der Waals surface area (Å²) < 4.78 is 37.2. The Hall–Kier alpha value is -2.69. The van der Waals surface area contributed by atoms with E-state index in [-0.39, 0.29) is 15.9 Å². The van der Waals surface area contributed by atoms with Crippen molar-refractivity contribution in [1.82, 2.24) is 0 Å². The maximum Gasteiger partial charge on any atom is 0.255 e. The van der Waals surface area contributed by atoms with Gasteiger partial charge in [-0.3, -0.25) is 9.59 Å². The van der Waals surface area contributed by atoms with Gasteiger partial charge in [0.2, 0.25) is 5.91 Å².